The number of hydrogen-bond donors (Lipinski definition) is 0. The summed E-state index contributed by atoms with van der Waals surface area (Å²) < 4.78 is 64.1. The number of alkyl halides is 2. The van der Waals surface area contributed by atoms with E-state index in [1.165, 1.54) is 11.0 Å². The van der Waals surface area contributed by atoms with Gasteiger partial charge in [-0.25, -0.2) is 24.1 Å². The first kappa shape index (κ1) is 33.4. The van der Waals surface area contributed by atoms with E-state index in [2.05, 4.69) is 16.3 Å². The average Bonchev–Trinajstić information content (AvgIpc) is 3.40. The average molecular weight is 698 g/mol. The second kappa shape index (κ2) is 12.3. The Hall–Kier alpha value is -4.15. The van der Waals surface area contributed by atoms with Crippen LogP contribution in [0.4, 0.5) is 29.1 Å². The van der Waals surface area contributed by atoms with Crippen LogP contribution in [-0.4, -0.2) is 96.6 Å². The van der Waals surface area contributed by atoms with Crippen molar-refractivity contribution in [2.75, 3.05) is 56.6 Å². The summed E-state index contributed by atoms with van der Waals surface area (Å²) in [5.41, 5.74) is 1.14. The number of ether oxygens (including phenoxy) is 1. The number of aromatic nitrogens is 2. The standard InChI is InChI=1S/C35H36ClF4N7O2/c1-20(37)32(48)47-13-12-46(17-22(47)16-41-2)31-23-10-11-45(26-7-5-6-21-8-9-24(38)30(36)29(21)26)18-25(23)42-33(43-31)49-28-15-34(19-35(34,39)40)14-27(28)44(3)4/h5-9,22,27-28H,1,10-19H2,3-4H3/t22-,27+,28+,34?/m0/s1. The Morgan fingerprint density at radius 2 is 1.94 bits per heavy atom. The minimum Gasteiger partial charge on any atom is -0.458 e. The van der Waals surface area contributed by atoms with Crippen LogP contribution in [0.1, 0.15) is 30.5 Å². The molecule has 1 amide bonds. The molecule has 1 aromatic heterocycles. The molecular formula is C35H36ClF4N7O2. The maximum absolute atomic E-state index is 14.6. The molecule has 3 aromatic rings. The Morgan fingerprint density at radius 3 is 2.63 bits per heavy atom. The first-order valence-corrected chi connectivity index (χ1v) is 16.7. The first-order valence-electron chi connectivity index (χ1n) is 16.3. The monoisotopic (exact) mass is 697 g/mol. The number of fused-ring (bicyclic) bond motifs is 2. The van der Waals surface area contributed by atoms with Gasteiger partial charge in [-0.1, -0.05) is 36.4 Å². The lowest BCUT2D eigenvalue weighted by Gasteiger charge is -2.41. The molecule has 3 fully saturated rings. The van der Waals surface area contributed by atoms with E-state index >= 15 is 0 Å². The van der Waals surface area contributed by atoms with Crippen molar-refractivity contribution in [3.63, 3.8) is 0 Å². The molecule has 1 unspecified atom stereocenters. The molecule has 0 radical (unpaired) electrons. The minimum atomic E-state index is -2.74. The van der Waals surface area contributed by atoms with Gasteiger partial charge in [-0.3, -0.25) is 4.79 Å². The van der Waals surface area contributed by atoms with Gasteiger partial charge in [-0.05, 0) is 50.9 Å². The fraction of sp³-hybridized carbons (Fsp3) is 0.486. The van der Waals surface area contributed by atoms with Crippen molar-refractivity contribution in [1.82, 2.24) is 19.8 Å². The Kier molecular flexibility index (Phi) is 8.38. The predicted octanol–water partition coefficient (Wildman–Crippen LogP) is 5.90. The molecule has 1 spiro atoms. The number of halogens is 5. The molecule has 4 aliphatic rings. The summed E-state index contributed by atoms with van der Waals surface area (Å²) in [5, 5.41) is 1.41. The molecule has 9 nitrogen and oxygen atoms in total. The van der Waals surface area contributed by atoms with Crippen molar-refractivity contribution in [1.29, 1.82) is 0 Å². The molecule has 1 saturated heterocycles. The minimum absolute atomic E-state index is 0.0299. The van der Waals surface area contributed by atoms with Gasteiger partial charge in [0.15, 0.2) is 5.83 Å². The Balaban J connectivity index is 1.26. The number of amides is 1. The van der Waals surface area contributed by atoms with Crippen LogP contribution in [0.2, 0.25) is 5.02 Å². The second-order valence-electron chi connectivity index (χ2n) is 13.8. The van der Waals surface area contributed by atoms with Crippen LogP contribution in [0, 0.1) is 17.8 Å². The quantitative estimate of drug-likeness (QED) is 0.173. The summed E-state index contributed by atoms with van der Waals surface area (Å²) in [4.78, 5) is 33.1. The molecule has 258 valence electrons. The third-order valence-corrected chi connectivity index (χ3v) is 11.0. The molecule has 2 aliphatic heterocycles. The highest BCUT2D eigenvalue weighted by molar-refractivity contribution is 6.36. The van der Waals surface area contributed by atoms with E-state index in [0.717, 1.165) is 16.6 Å². The molecule has 0 N–H and O–H groups in total. The topological polar surface area (TPSA) is 69.4 Å². The number of benzene rings is 2. The van der Waals surface area contributed by atoms with Gasteiger partial charge in [0.25, 0.3) is 11.8 Å². The third-order valence-electron chi connectivity index (χ3n) is 10.6. The van der Waals surface area contributed by atoms with Crippen LogP contribution >= 0.6 is 11.6 Å². The van der Waals surface area contributed by atoms with E-state index in [9.17, 15) is 22.4 Å². The first-order chi connectivity index (χ1) is 23.3. The highest BCUT2D eigenvalue weighted by Crippen LogP contribution is 2.69. The van der Waals surface area contributed by atoms with Crippen molar-refractivity contribution in [2.45, 2.75) is 56.3 Å². The third kappa shape index (κ3) is 5.82. The van der Waals surface area contributed by atoms with Gasteiger partial charge >= 0.3 is 6.01 Å². The zero-order valence-electron chi connectivity index (χ0n) is 27.2. The fourth-order valence-electron chi connectivity index (χ4n) is 7.93. The van der Waals surface area contributed by atoms with E-state index in [1.54, 1.807) is 6.07 Å². The molecule has 2 aliphatic carbocycles. The van der Waals surface area contributed by atoms with Gasteiger partial charge in [0.2, 0.25) is 6.54 Å². The van der Waals surface area contributed by atoms with Gasteiger partial charge in [0.1, 0.15) is 23.8 Å². The Labute approximate surface area is 286 Å². The smallest absolute Gasteiger partial charge is 0.319 e. The largest absolute Gasteiger partial charge is 0.458 e. The maximum Gasteiger partial charge on any atom is 0.319 e. The zero-order chi connectivity index (χ0) is 34.8. The normalized spacial score (nSPS) is 25.9. The molecule has 49 heavy (non-hydrogen) atoms. The lowest BCUT2D eigenvalue weighted by molar-refractivity contribution is -0.131. The number of carbonyl (C=O) groups is 1. The van der Waals surface area contributed by atoms with E-state index in [0.29, 0.717) is 49.4 Å². The molecular weight excluding hydrogens is 662 g/mol. The van der Waals surface area contributed by atoms with Crippen molar-refractivity contribution < 1.29 is 27.1 Å². The van der Waals surface area contributed by atoms with Crippen molar-refractivity contribution in [2.24, 2.45) is 5.41 Å². The summed E-state index contributed by atoms with van der Waals surface area (Å²) in [6.07, 6.45) is 0.234. The van der Waals surface area contributed by atoms with E-state index < -0.39 is 41.0 Å². The number of rotatable bonds is 7. The van der Waals surface area contributed by atoms with E-state index in [4.69, 9.17) is 32.9 Å². The van der Waals surface area contributed by atoms with Crippen LogP contribution in [0.3, 0.4) is 0 Å². The van der Waals surface area contributed by atoms with Crippen LogP contribution in [-0.2, 0) is 17.8 Å². The molecule has 7 rings (SSSR count). The van der Waals surface area contributed by atoms with E-state index in [1.807, 2.05) is 42.1 Å². The van der Waals surface area contributed by atoms with Gasteiger partial charge in [0, 0.05) is 60.7 Å². The summed E-state index contributed by atoms with van der Waals surface area (Å²) >= 11 is 6.49. The van der Waals surface area contributed by atoms with Crippen LogP contribution in [0.5, 0.6) is 6.01 Å². The Morgan fingerprint density at radius 1 is 1.16 bits per heavy atom. The fourth-order valence-corrected chi connectivity index (χ4v) is 8.20. The molecule has 14 heteroatoms. The van der Waals surface area contributed by atoms with Gasteiger partial charge < -0.3 is 29.2 Å². The van der Waals surface area contributed by atoms with Gasteiger partial charge in [-0.15, -0.1) is 0 Å². The van der Waals surface area contributed by atoms with Crippen molar-refractivity contribution in [3.05, 3.63) is 76.3 Å². The molecule has 2 saturated carbocycles. The summed E-state index contributed by atoms with van der Waals surface area (Å²) in [6, 6.07) is 7.83. The van der Waals surface area contributed by atoms with Crippen molar-refractivity contribution in [3.8, 4) is 6.01 Å². The number of carbonyl (C=O) groups excluding carboxylic acids is 1. The SMILES string of the molecule is [C-]#[N+]C[C@H]1CN(c2nc(O[C@@H]3CC4(C[C@H]3N(C)C)CC4(F)F)nc3c2CCN(c2cccc4ccc(F)c(Cl)c24)C3)CCN1C(=O)C(=C)F. The highest BCUT2D eigenvalue weighted by atomic mass is 35.5. The number of nitrogens with zero attached hydrogens (tertiary/aromatic N) is 7. The number of hydrogen-bond acceptors (Lipinski definition) is 7. The van der Waals surface area contributed by atoms with Gasteiger partial charge in [-0.2, -0.15) is 9.97 Å². The lowest BCUT2D eigenvalue weighted by Crippen LogP contribution is -2.57. The molecule has 2 aromatic carbocycles. The number of anilines is 2. The Bertz CT molecular complexity index is 1890. The molecule has 0 bridgehead atoms. The zero-order valence-corrected chi connectivity index (χ0v) is 28.0. The predicted molar refractivity (Wildman–Crippen MR) is 178 cm³/mol. The molecule has 4 atom stereocenters. The molecule has 3 heterocycles. The number of piperazine rings is 1. The maximum atomic E-state index is 14.6. The van der Waals surface area contributed by atoms with Crippen LogP contribution in [0.15, 0.2) is 42.7 Å². The van der Waals surface area contributed by atoms with E-state index in [-0.39, 0.29) is 49.6 Å². The summed E-state index contributed by atoms with van der Waals surface area (Å²) in [6.45, 7) is 12.1. The second-order valence-corrected chi connectivity index (χ2v) is 14.1. The van der Waals surface area contributed by atoms with Crippen molar-refractivity contribution >= 4 is 39.8 Å². The lowest BCUT2D eigenvalue weighted by atomic mass is 10.0. The van der Waals surface area contributed by atoms with Crippen LogP contribution < -0.4 is 14.5 Å². The summed E-state index contributed by atoms with van der Waals surface area (Å²) in [7, 11) is 3.69. The highest BCUT2D eigenvalue weighted by Gasteiger charge is 2.75. The van der Waals surface area contributed by atoms with Crippen LogP contribution in [0.25, 0.3) is 15.6 Å². The van der Waals surface area contributed by atoms with Gasteiger partial charge in [0.05, 0.1) is 17.3 Å². The number of likely N-dealkylation sites (N-methyl/N-ethyl adjacent to an activating group) is 1. The summed E-state index contributed by atoms with van der Waals surface area (Å²) in [5.74, 6) is -4.62.